The van der Waals surface area contributed by atoms with Gasteiger partial charge in [0.2, 0.25) is 0 Å². The fourth-order valence-electron chi connectivity index (χ4n) is 1.65. The number of carboxylic acid groups (broad SMARTS) is 1. The van der Waals surface area contributed by atoms with E-state index in [1.54, 1.807) is 6.92 Å². The first-order valence-electron chi connectivity index (χ1n) is 5.50. The van der Waals surface area contributed by atoms with E-state index in [9.17, 15) is 9.18 Å². The molecule has 0 bridgehead atoms. The number of benzene rings is 1. The molecule has 0 spiro atoms. The molecule has 2 N–H and O–H groups in total. The zero-order valence-electron chi connectivity index (χ0n) is 10.2. The molecular weight excluding hydrogens is 306 g/mol. The molecule has 2 aromatic rings. The van der Waals surface area contributed by atoms with E-state index >= 15 is 0 Å². The summed E-state index contributed by atoms with van der Waals surface area (Å²) < 4.78 is 13.1. The van der Waals surface area contributed by atoms with Gasteiger partial charge in [-0.2, -0.15) is 0 Å². The van der Waals surface area contributed by atoms with Crippen LogP contribution in [0.15, 0.2) is 24.3 Å². The molecule has 0 saturated carbocycles. The van der Waals surface area contributed by atoms with Crippen LogP contribution in [0.3, 0.4) is 0 Å². The minimum Gasteiger partial charge on any atom is -0.478 e. The number of carboxylic acids is 1. The lowest BCUT2D eigenvalue weighted by Gasteiger charge is -2.11. The third-order valence-electron chi connectivity index (χ3n) is 2.46. The monoisotopic (exact) mass is 314 g/mol. The molecule has 0 atom stereocenters. The largest absolute Gasteiger partial charge is 0.478 e. The number of halogens is 3. The number of nitrogens with zero attached hydrogens (tertiary/aromatic N) is 1. The van der Waals surface area contributed by atoms with Gasteiger partial charge in [-0.25, -0.2) is 14.2 Å². The highest BCUT2D eigenvalue weighted by Crippen LogP contribution is 2.33. The Kier molecular flexibility index (Phi) is 4.11. The van der Waals surface area contributed by atoms with E-state index in [1.165, 1.54) is 12.1 Å². The lowest BCUT2D eigenvalue weighted by atomic mass is 10.2. The number of hydrogen-bond acceptors (Lipinski definition) is 3. The molecular formula is C13H9Cl2FN2O2. The smallest absolute Gasteiger partial charge is 0.335 e. The van der Waals surface area contributed by atoms with Crippen molar-refractivity contribution in [1.29, 1.82) is 0 Å². The molecule has 0 fully saturated rings. The summed E-state index contributed by atoms with van der Waals surface area (Å²) >= 11 is 11.8. The molecule has 104 valence electrons. The second-order valence-corrected chi connectivity index (χ2v) is 4.87. The van der Waals surface area contributed by atoms with E-state index in [0.29, 0.717) is 5.69 Å². The number of anilines is 2. The van der Waals surface area contributed by atoms with Crippen molar-refractivity contribution < 1.29 is 14.3 Å². The molecule has 0 radical (unpaired) electrons. The minimum atomic E-state index is -1.07. The highest BCUT2D eigenvalue weighted by molar-refractivity contribution is 6.39. The van der Waals surface area contributed by atoms with Gasteiger partial charge < -0.3 is 10.4 Å². The lowest BCUT2D eigenvalue weighted by molar-refractivity contribution is 0.0696. The Bertz CT molecular complexity index is 669. The van der Waals surface area contributed by atoms with Gasteiger partial charge in [0.25, 0.3) is 0 Å². The molecule has 0 amide bonds. The van der Waals surface area contributed by atoms with E-state index in [4.69, 9.17) is 28.3 Å². The second-order valence-electron chi connectivity index (χ2n) is 4.06. The standard InChI is InChI=1S/C13H9Cl2FN2O2/c1-6-2-7(13(19)20)3-11(17-6)18-12-9(14)4-8(16)5-10(12)15/h2-5H,1H3,(H,17,18)(H,19,20). The number of aromatic carboxylic acids is 1. The van der Waals surface area contributed by atoms with Crippen molar-refractivity contribution in [2.75, 3.05) is 5.32 Å². The van der Waals surface area contributed by atoms with Gasteiger partial charge in [0.05, 0.1) is 21.3 Å². The van der Waals surface area contributed by atoms with Gasteiger partial charge >= 0.3 is 5.97 Å². The van der Waals surface area contributed by atoms with Crippen molar-refractivity contribution in [3.8, 4) is 0 Å². The van der Waals surface area contributed by atoms with Crippen molar-refractivity contribution in [1.82, 2.24) is 4.98 Å². The molecule has 0 saturated heterocycles. The summed E-state index contributed by atoms with van der Waals surface area (Å²) in [5.74, 6) is -1.37. The summed E-state index contributed by atoms with van der Waals surface area (Å²) in [6.45, 7) is 1.66. The van der Waals surface area contributed by atoms with Crippen LogP contribution in [0.1, 0.15) is 16.1 Å². The van der Waals surface area contributed by atoms with E-state index < -0.39 is 11.8 Å². The first-order chi connectivity index (χ1) is 9.36. The van der Waals surface area contributed by atoms with Crippen LogP contribution in [0.5, 0.6) is 0 Å². The van der Waals surface area contributed by atoms with Gasteiger partial charge in [0, 0.05) is 5.69 Å². The van der Waals surface area contributed by atoms with Crippen LogP contribution in [0.4, 0.5) is 15.9 Å². The maximum Gasteiger partial charge on any atom is 0.335 e. The van der Waals surface area contributed by atoms with Crippen molar-refractivity contribution in [2.24, 2.45) is 0 Å². The fraction of sp³-hybridized carbons (Fsp3) is 0.0769. The summed E-state index contributed by atoms with van der Waals surface area (Å²) in [5, 5.41) is 11.9. The summed E-state index contributed by atoms with van der Waals surface area (Å²) in [6, 6.07) is 4.97. The molecule has 0 aliphatic carbocycles. The van der Waals surface area contributed by atoms with Crippen molar-refractivity contribution in [3.63, 3.8) is 0 Å². The first kappa shape index (κ1) is 14.6. The van der Waals surface area contributed by atoms with Crippen LogP contribution in [-0.4, -0.2) is 16.1 Å². The third kappa shape index (κ3) is 3.18. The number of nitrogens with one attached hydrogen (secondary N) is 1. The number of pyridine rings is 1. The van der Waals surface area contributed by atoms with Gasteiger partial charge in [0.1, 0.15) is 11.6 Å². The van der Waals surface area contributed by atoms with Gasteiger partial charge in [-0.15, -0.1) is 0 Å². The molecule has 0 unspecified atom stereocenters. The van der Waals surface area contributed by atoms with Crippen molar-refractivity contribution in [2.45, 2.75) is 6.92 Å². The van der Waals surface area contributed by atoms with Crippen LogP contribution in [0.25, 0.3) is 0 Å². The van der Waals surface area contributed by atoms with Gasteiger partial charge in [-0.1, -0.05) is 23.2 Å². The number of hydrogen-bond donors (Lipinski definition) is 2. The quantitative estimate of drug-likeness (QED) is 0.887. The maximum absolute atomic E-state index is 13.1. The molecule has 1 aromatic carbocycles. The molecule has 0 aliphatic rings. The lowest BCUT2D eigenvalue weighted by Crippen LogP contribution is -2.02. The van der Waals surface area contributed by atoms with E-state index in [-0.39, 0.29) is 27.1 Å². The molecule has 4 nitrogen and oxygen atoms in total. The predicted molar refractivity (Wildman–Crippen MR) is 75.6 cm³/mol. The van der Waals surface area contributed by atoms with E-state index in [2.05, 4.69) is 10.3 Å². The maximum atomic E-state index is 13.1. The van der Waals surface area contributed by atoms with Gasteiger partial charge in [-0.05, 0) is 31.2 Å². The first-order valence-corrected chi connectivity index (χ1v) is 6.26. The predicted octanol–water partition coefficient (Wildman–Crippen LogP) is 4.28. The molecule has 20 heavy (non-hydrogen) atoms. The topological polar surface area (TPSA) is 62.2 Å². The third-order valence-corrected chi connectivity index (χ3v) is 3.06. The highest BCUT2D eigenvalue weighted by Gasteiger charge is 2.12. The fourth-order valence-corrected chi connectivity index (χ4v) is 2.20. The zero-order valence-corrected chi connectivity index (χ0v) is 11.8. The van der Waals surface area contributed by atoms with Crippen LogP contribution in [0, 0.1) is 12.7 Å². The Hall–Kier alpha value is -1.85. The van der Waals surface area contributed by atoms with Gasteiger partial charge in [-0.3, -0.25) is 0 Å². The second kappa shape index (κ2) is 5.64. The molecule has 7 heteroatoms. The van der Waals surface area contributed by atoms with Crippen LogP contribution in [-0.2, 0) is 0 Å². The Balaban J connectivity index is 2.42. The van der Waals surface area contributed by atoms with Crippen LogP contribution in [0.2, 0.25) is 10.0 Å². The number of carbonyl (C=O) groups is 1. The molecule has 1 aromatic heterocycles. The molecule has 0 aliphatic heterocycles. The Morgan fingerprint density at radius 1 is 1.25 bits per heavy atom. The highest BCUT2D eigenvalue weighted by atomic mass is 35.5. The zero-order chi connectivity index (χ0) is 14.9. The Morgan fingerprint density at radius 3 is 2.40 bits per heavy atom. The summed E-state index contributed by atoms with van der Waals surface area (Å²) in [7, 11) is 0. The number of aromatic nitrogens is 1. The normalized spacial score (nSPS) is 10.4. The minimum absolute atomic E-state index is 0.0781. The van der Waals surface area contributed by atoms with Crippen LogP contribution >= 0.6 is 23.2 Å². The molecule has 1 heterocycles. The average molecular weight is 315 g/mol. The number of aryl methyl sites for hydroxylation is 1. The van der Waals surface area contributed by atoms with Crippen molar-refractivity contribution in [3.05, 3.63) is 51.4 Å². The van der Waals surface area contributed by atoms with Crippen molar-refractivity contribution >= 4 is 40.7 Å². The Morgan fingerprint density at radius 2 is 1.85 bits per heavy atom. The average Bonchev–Trinajstić information content (AvgIpc) is 2.33. The SMILES string of the molecule is Cc1cc(C(=O)O)cc(Nc2c(Cl)cc(F)cc2Cl)n1. The van der Waals surface area contributed by atoms with E-state index in [1.807, 2.05) is 0 Å². The Labute approximate surface area is 124 Å². The summed E-state index contributed by atoms with van der Waals surface area (Å²) in [5.41, 5.74) is 0.861. The van der Waals surface area contributed by atoms with Crippen LogP contribution < -0.4 is 5.32 Å². The number of rotatable bonds is 3. The summed E-state index contributed by atoms with van der Waals surface area (Å²) in [4.78, 5) is 15.1. The summed E-state index contributed by atoms with van der Waals surface area (Å²) in [6.07, 6.45) is 0. The molecule has 2 rings (SSSR count). The van der Waals surface area contributed by atoms with E-state index in [0.717, 1.165) is 12.1 Å². The van der Waals surface area contributed by atoms with Gasteiger partial charge in [0.15, 0.2) is 0 Å².